The average Bonchev–Trinajstić information content (AvgIpc) is 2.88. The van der Waals surface area contributed by atoms with Gasteiger partial charge in [0, 0.05) is 19.3 Å². The Bertz CT molecular complexity index is 887. The summed E-state index contributed by atoms with van der Waals surface area (Å²) in [4.78, 5) is 17.1. The van der Waals surface area contributed by atoms with Gasteiger partial charge >= 0.3 is 0 Å². The Morgan fingerprint density at radius 2 is 2.00 bits per heavy atom. The number of aryl methyl sites for hydroxylation is 3. The number of amides is 1. The molecule has 1 amide bonds. The fourth-order valence-electron chi connectivity index (χ4n) is 2.83. The minimum Gasteiger partial charge on any atom is -0.494 e. The third-order valence-corrected chi connectivity index (χ3v) is 3.96. The van der Waals surface area contributed by atoms with Crippen molar-refractivity contribution in [2.45, 2.75) is 20.3 Å². The first kappa shape index (κ1) is 17.0. The minimum atomic E-state index is -0.105. The first-order chi connectivity index (χ1) is 12.1. The van der Waals surface area contributed by atoms with Crippen molar-refractivity contribution in [1.29, 1.82) is 0 Å². The summed E-state index contributed by atoms with van der Waals surface area (Å²) in [6, 6.07) is 11.5. The SMILES string of the molecule is Cc1cc(C(=O)NCCCOc2ccccc2)c2c(C)nn(C)c2n1. The highest BCUT2D eigenvalue weighted by Crippen LogP contribution is 2.21. The fourth-order valence-corrected chi connectivity index (χ4v) is 2.83. The smallest absolute Gasteiger partial charge is 0.252 e. The highest BCUT2D eigenvalue weighted by atomic mass is 16.5. The van der Waals surface area contributed by atoms with Gasteiger partial charge in [-0.2, -0.15) is 5.10 Å². The van der Waals surface area contributed by atoms with Crippen LogP contribution in [0.25, 0.3) is 11.0 Å². The molecule has 0 unspecified atom stereocenters. The van der Waals surface area contributed by atoms with Crippen molar-refractivity contribution in [3.8, 4) is 5.75 Å². The predicted molar refractivity (Wildman–Crippen MR) is 96.9 cm³/mol. The maximum Gasteiger partial charge on any atom is 0.252 e. The number of benzene rings is 1. The summed E-state index contributed by atoms with van der Waals surface area (Å²) in [6.07, 6.45) is 0.736. The summed E-state index contributed by atoms with van der Waals surface area (Å²) in [5, 5.41) is 8.14. The first-order valence-corrected chi connectivity index (χ1v) is 8.33. The van der Waals surface area contributed by atoms with Gasteiger partial charge in [0.2, 0.25) is 0 Å². The molecule has 0 saturated heterocycles. The van der Waals surface area contributed by atoms with E-state index in [2.05, 4.69) is 15.4 Å². The monoisotopic (exact) mass is 338 g/mol. The van der Waals surface area contributed by atoms with E-state index in [-0.39, 0.29) is 5.91 Å². The molecule has 6 heteroatoms. The summed E-state index contributed by atoms with van der Waals surface area (Å²) in [5.41, 5.74) is 2.96. The molecule has 1 N–H and O–H groups in total. The molecule has 6 nitrogen and oxygen atoms in total. The normalized spacial score (nSPS) is 10.8. The zero-order valence-electron chi connectivity index (χ0n) is 14.7. The Morgan fingerprint density at radius 1 is 1.24 bits per heavy atom. The Morgan fingerprint density at radius 3 is 2.76 bits per heavy atom. The van der Waals surface area contributed by atoms with Crippen LogP contribution in [0.2, 0.25) is 0 Å². The lowest BCUT2D eigenvalue weighted by molar-refractivity contribution is 0.0953. The van der Waals surface area contributed by atoms with Gasteiger partial charge in [-0.15, -0.1) is 0 Å². The summed E-state index contributed by atoms with van der Waals surface area (Å²) >= 11 is 0. The lowest BCUT2D eigenvalue weighted by atomic mass is 10.1. The molecule has 25 heavy (non-hydrogen) atoms. The molecule has 1 aromatic carbocycles. The molecule has 2 heterocycles. The summed E-state index contributed by atoms with van der Waals surface area (Å²) in [7, 11) is 1.84. The minimum absolute atomic E-state index is 0.105. The molecule has 0 aliphatic carbocycles. The van der Waals surface area contributed by atoms with E-state index in [1.807, 2.05) is 57.3 Å². The van der Waals surface area contributed by atoms with Crippen molar-refractivity contribution in [2.24, 2.45) is 7.05 Å². The maximum absolute atomic E-state index is 12.6. The van der Waals surface area contributed by atoms with Gasteiger partial charge in [-0.25, -0.2) is 4.98 Å². The number of aromatic nitrogens is 3. The molecule has 2 aromatic heterocycles. The van der Waals surface area contributed by atoms with Gasteiger partial charge in [-0.1, -0.05) is 18.2 Å². The van der Waals surface area contributed by atoms with Gasteiger partial charge < -0.3 is 10.1 Å². The van der Waals surface area contributed by atoms with Crippen molar-refractivity contribution in [3.05, 3.63) is 53.3 Å². The van der Waals surface area contributed by atoms with E-state index in [0.717, 1.165) is 34.6 Å². The molecule has 0 aliphatic heterocycles. The molecular weight excluding hydrogens is 316 g/mol. The lowest BCUT2D eigenvalue weighted by Gasteiger charge is -2.09. The van der Waals surface area contributed by atoms with Gasteiger partial charge in [0.1, 0.15) is 5.75 Å². The van der Waals surface area contributed by atoms with Crippen LogP contribution in [-0.2, 0) is 7.05 Å². The molecule has 130 valence electrons. The van der Waals surface area contributed by atoms with Gasteiger partial charge in [0.25, 0.3) is 5.91 Å². The van der Waals surface area contributed by atoms with Crippen LogP contribution >= 0.6 is 0 Å². The van der Waals surface area contributed by atoms with E-state index in [9.17, 15) is 4.79 Å². The molecule has 0 fully saturated rings. The molecule has 3 aromatic rings. The van der Waals surface area contributed by atoms with Crippen LogP contribution in [0.5, 0.6) is 5.75 Å². The highest BCUT2D eigenvalue weighted by molar-refractivity contribution is 6.06. The fraction of sp³-hybridized carbons (Fsp3) is 0.316. The van der Waals surface area contributed by atoms with Crippen LogP contribution < -0.4 is 10.1 Å². The molecule has 3 rings (SSSR count). The number of hydrogen-bond donors (Lipinski definition) is 1. The second-order valence-corrected chi connectivity index (χ2v) is 5.99. The van der Waals surface area contributed by atoms with Crippen LogP contribution in [0.4, 0.5) is 0 Å². The predicted octanol–water partition coefficient (Wildman–Crippen LogP) is 2.78. The van der Waals surface area contributed by atoms with Crippen molar-refractivity contribution < 1.29 is 9.53 Å². The maximum atomic E-state index is 12.6. The van der Waals surface area contributed by atoms with Gasteiger partial charge in [-0.3, -0.25) is 9.48 Å². The van der Waals surface area contributed by atoms with Crippen LogP contribution in [0.15, 0.2) is 36.4 Å². The Balaban J connectivity index is 1.61. The van der Waals surface area contributed by atoms with Gasteiger partial charge in [-0.05, 0) is 38.5 Å². The molecule has 0 atom stereocenters. The molecule has 0 saturated carbocycles. The highest BCUT2D eigenvalue weighted by Gasteiger charge is 2.17. The van der Waals surface area contributed by atoms with Crippen molar-refractivity contribution >= 4 is 16.9 Å². The number of para-hydroxylation sites is 1. The van der Waals surface area contributed by atoms with E-state index in [1.54, 1.807) is 4.68 Å². The molecule has 0 spiro atoms. The number of pyridine rings is 1. The van der Waals surface area contributed by atoms with E-state index >= 15 is 0 Å². The summed E-state index contributed by atoms with van der Waals surface area (Å²) < 4.78 is 7.34. The van der Waals surface area contributed by atoms with Gasteiger partial charge in [0.05, 0.1) is 23.3 Å². The number of nitrogens with one attached hydrogen (secondary N) is 1. The van der Waals surface area contributed by atoms with E-state index < -0.39 is 0 Å². The summed E-state index contributed by atoms with van der Waals surface area (Å²) in [5.74, 6) is 0.734. The van der Waals surface area contributed by atoms with Crippen LogP contribution in [0.1, 0.15) is 28.2 Å². The molecule has 0 radical (unpaired) electrons. The molecule has 0 aliphatic rings. The Kier molecular flexibility index (Phi) is 4.97. The van der Waals surface area contributed by atoms with E-state index in [4.69, 9.17) is 4.74 Å². The largest absolute Gasteiger partial charge is 0.494 e. The topological polar surface area (TPSA) is 69.0 Å². The summed E-state index contributed by atoms with van der Waals surface area (Å²) in [6.45, 7) is 4.88. The standard InChI is InChI=1S/C19H22N4O2/c1-13-12-16(17-14(2)22-23(3)18(17)21-13)19(24)20-10-7-11-25-15-8-5-4-6-9-15/h4-6,8-9,12H,7,10-11H2,1-3H3,(H,20,24). The Labute approximate surface area is 146 Å². The molecule has 0 bridgehead atoms. The van der Waals surface area contributed by atoms with E-state index in [1.165, 1.54) is 0 Å². The number of fused-ring (bicyclic) bond motifs is 1. The van der Waals surface area contributed by atoms with Crippen molar-refractivity contribution in [2.75, 3.05) is 13.2 Å². The number of nitrogens with zero attached hydrogens (tertiary/aromatic N) is 3. The Hall–Kier alpha value is -2.89. The number of carbonyl (C=O) groups excluding carboxylic acids is 1. The third-order valence-electron chi connectivity index (χ3n) is 3.96. The van der Waals surface area contributed by atoms with Crippen molar-refractivity contribution in [1.82, 2.24) is 20.1 Å². The molecular formula is C19H22N4O2. The van der Waals surface area contributed by atoms with Crippen LogP contribution in [-0.4, -0.2) is 33.8 Å². The quantitative estimate of drug-likeness (QED) is 0.702. The van der Waals surface area contributed by atoms with Crippen LogP contribution in [0, 0.1) is 13.8 Å². The lowest BCUT2D eigenvalue weighted by Crippen LogP contribution is -2.26. The van der Waals surface area contributed by atoms with Crippen molar-refractivity contribution in [3.63, 3.8) is 0 Å². The van der Waals surface area contributed by atoms with E-state index in [0.29, 0.717) is 18.7 Å². The number of rotatable bonds is 6. The number of carbonyl (C=O) groups is 1. The van der Waals surface area contributed by atoms with Crippen LogP contribution in [0.3, 0.4) is 0 Å². The first-order valence-electron chi connectivity index (χ1n) is 8.33. The van der Waals surface area contributed by atoms with Gasteiger partial charge in [0.15, 0.2) is 5.65 Å². The second-order valence-electron chi connectivity index (χ2n) is 5.99. The zero-order valence-corrected chi connectivity index (χ0v) is 14.7. The number of ether oxygens (including phenoxy) is 1. The zero-order chi connectivity index (χ0) is 17.8. The number of hydrogen-bond acceptors (Lipinski definition) is 4. The second kappa shape index (κ2) is 7.34. The third kappa shape index (κ3) is 3.79. The average molecular weight is 338 g/mol.